The topological polar surface area (TPSA) is 75.3 Å². The first kappa shape index (κ1) is 12.0. The van der Waals surface area contributed by atoms with Crippen LogP contribution in [0.3, 0.4) is 0 Å². The second-order valence-electron chi connectivity index (χ2n) is 3.30. The second kappa shape index (κ2) is 5.14. The summed E-state index contributed by atoms with van der Waals surface area (Å²) in [5.41, 5.74) is 6.57. The van der Waals surface area contributed by atoms with Crippen molar-refractivity contribution in [2.75, 3.05) is 12.3 Å². The number of aliphatic hydroxyl groups excluding tert-OH is 1. The molecule has 1 unspecified atom stereocenters. The van der Waals surface area contributed by atoms with E-state index in [1.54, 1.807) is 25.1 Å². The summed E-state index contributed by atoms with van der Waals surface area (Å²) in [4.78, 5) is 11.7. The summed E-state index contributed by atoms with van der Waals surface area (Å²) in [6, 6.07) is 4.74. The van der Waals surface area contributed by atoms with E-state index in [-0.39, 0.29) is 18.6 Å². The Morgan fingerprint density at radius 1 is 1.67 bits per heavy atom. The predicted molar refractivity (Wildman–Crippen MR) is 62.6 cm³/mol. The van der Waals surface area contributed by atoms with Gasteiger partial charge in [0.25, 0.3) is 5.91 Å². The van der Waals surface area contributed by atoms with Crippen LogP contribution in [0.25, 0.3) is 0 Å². The molecule has 0 saturated heterocycles. The summed E-state index contributed by atoms with van der Waals surface area (Å²) < 4.78 is 0.680. The van der Waals surface area contributed by atoms with E-state index in [4.69, 9.17) is 10.8 Å². The molecule has 0 aliphatic rings. The van der Waals surface area contributed by atoms with E-state index in [9.17, 15) is 4.79 Å². The summed E-state index contributed by atoms with van der Waals surface area (Å²) in [6.07, 6.45) is 0. The molecule has 0 fully saturated rings. The van der Waals surface area contributed by atoms with Crippen LogP contribution >= 0.6 is 15.9 Å². The summed E-state index contributed by atoms with van der Waals surface area (Å²) in [7, 11) is 0. The van der Waals surface area contributed by atoms with E-state index in [2.05, 4.69) is 21.2 Å². The Morgan fingerprint density at radius 2 is 2.33 bits per heavy atom. The molecule has 0 bridgehead atoms. The highest BCUT2D eigenvalue weighted by Gasteiger charge is 2.12. The third-order valence-electron chi connectivity index (χ3n) is 1.89. The number of hydrogen-bond acceptors (Lipinski definition) is 3. The molecule has 82 valence electrons. The highest BCUT2D eigenvalue weighted by atomic mass is 79.9. The van der Waals surface area contributed by atoms with Crippen molar-refractivity contribution >= 4 is 27.5 Å². The maximum absolute atomic E-state index is 11.7. The van der Waals surface area contributed by atoms with E-state index >= 15 is 0 Å². The molecular weight excluding hydrogens is 260 g/mol. The molecule has 1 aromatic carbocycles. The number of halogens is 1. The number of hydrogen-bond donors (Lipinski definition) is 3. The van der Waals surface area contributed by atoms with Crippen LogP contribution in [0.5, 0.6) is 0 Å². The molecule has 0 heterocycles. The molecule has 1 atom stereocenters. The third kappa shape index (κ3) is 3.21. The van der Waals surface area contributed by atoms with Crippen LogP contribution in [0, 0.1) is 0 Å². The lowest BCUT2D eigenvalue weighted by Crippen LogP contribution is -2.35. The van der Waals surface area contributed by atoms with Crippen LogP contribution in [-0.4, -0.2) is 23.7 Å². The predicted octanol–water partition coefficient (Wildman–Crippen LogP) is 1.14. The number of nitrogen functional groups attached to an aromatic ring is 1. The minimum atomic E-state index is -0.272. The quantitative estimate of drug-likeness (QED) is 0.723. The Morgan fingerprint density at radius 3 is 2.93 bits per heavy atom. The summed E-state index contributed by atoms with van der Waals surface area (Å²) >= 11 is 3.26. The fourth-order valence-electron chi connectivity index (χ4n) is 1.06. The number of amides is 1. The highest BCUT2D eigenvalue weighted by Crippen LogP contribution is 2.19. The van der Waals surface area contributed by atoms with Crippen LogP contribution in [0.4, 0.5) is 5.69 Å². The highest BCUT2D eigenvalue weighted by molar-refractivity contribution is 9.10. The average Bonchev–Trinajstić information content (AvgIpc) is 2.21. The van der Waals surface area contributed by atoms with Crippen LogP contribution in [0.2, 0.25) is 0 Å². The SMILES string of the molecule is CC(CO)NC(=O)c1cc(N)ccc1Br. The van der Waals surface area contributed by atoms with Gasteiger partial charge in [0.1, 0.15) is 0 Å². The van der Waals surface area contributed by atoms with Gasteiger partial charge in [-0.05, 0) is 41.1 Å². The molecule has 0 aliphatic heterocycles. The number of rotatable bonds is 3. The number of carbonyl (C=O) groups is 1. The van der Waals surface area contributed by atoms with E-state index in [1.165, 1.54) is 0 Å². The molecule has 5 heteroatoms. The number of benzene rings is 1. The number of anilines is 1. The lowest BCUT2D eigenvalue weighted by molar-refractivity contribution is 0.0921. The fourth-order valence-corrected chi connectivity index (χ4v) is 1.49. The number of nitrogens with one attached hydrogen (secondary N) is 1. The Bertz CT molecular complexity index is 368. The van der Waals surface area contributed by atoms with Crippen molar-refractivity contribution in [2.24, 2.45) is 0 Å². The summed E-state index contributed by atoms with van der Waals surface area (Å²) in [5.74, 6) is -0.254. The Labute approximate surface area is 96.6 Å². The van der Waals surface area contributed by atoms with Gasteiger partial charge < -0.3 is 16.2 Å². The van der Waals surface area contributed by atoms with Gasteiger partial charge in [-0.2, -0.15) is 0 Å². The Kier molecular flexibility index (Phi) is 4.11. The minimum absolute atomic E-state index is 0.0916. The molecular formula is C10H13BrN2O2. The molecule has 1 aromatic rings. The molecule has 0 aliphatic carbocycles. The van der Waals surface area contributed by atoms with Gasteiger partial charge >= 0.3 is 0 Å². The first-order chi connectivity index (χ1) is 7.04. The molecule has 0 aromatic heterocycles. The molecule has 4 N–H and O–H groups in total. The lowest BCUT2D eigenvalue weighted by Gasteiger charge is -2.12. The molecule has 15 heavy (non-hydrogen) atoms. The molecule has 0 radical (unpaired) electrons. The normalized spacial score (nSPS) is 12.2. The van der Waals surface area contributed by atoms with Crippen LogP contribution in [0.1, 0.15) is 17.3 Å². The van der Waals surface area contributed by atoms with Crippen molar-refractivity contribution < 1.29 is 9.90 Å². The monoisotopic (exact) mass is 272 g/mol. The first-order valence-electron chi connectivity index (χ1n) is 4.51. The zero-order chi connectivity index (χ0) is 11.4. The lowest BCUT2D eigenvalue weighted by atomic mass is 10.2. The zero-order valence-electron chi connectivity index (χ0n) is 8.33. The second-order valence-corrected chi connectivity index (χ2v) is 4.15. The van der Waals surface area contributed by atoms with E-state index in [0.29, 0.717) is 15.7 Å². The average molecular weight is 273 g/mol. The largest absolute Gasteiger partial charge is 0.399 e. The molecule has 0 saturated carbocycles. The van der Waals surface area contributed by atoms with Crippen molar-refractivity contribution in [3.8, 4) is 0 Å². The van der Waals surface area contributed by atoms with Crippen molar-refractivity contribution in [1.82, 2.24) is 5.32 Å². The van der Waals surface area contributed by atoms with Gasteiger partial charge in [-0.15, -0.1) is 0 Å². The van der Waals surface area contributed by atoms with E-state index in [1.807, 2.05) is 0 Å². The zero-order valence-corrected chi connectivity index (χ0v) is 9.91. The standard InChI is InChI=1S/C10H13BrN2O2/c1-6(5-14)13-10(15)8-4-7(12)2-3-9(8)11/h2-4,6,14H,5,12H2,1H3,(H,13,15). The minimum Gasteiger partial charge on any atom is -0.399 e. The maximum atomic E-state index is 11.7. The van der Waals surface area contributed by atoms with Crippen molar-refractivity contribution in [2.45, 2.75) is 13.0 Å². The van der Waals surface area contributed by atoms with Crippen molar-refractivity contribution in [1.29, 1.82) is 0 Å². The third-order valence-corrected chi connectivity index (χ3v) is 2.58. The molecule has 1 rings (SSSR count). The summed E-state index contributed by atoms with van der Waals surface area (Å²) in [6.45, 7) is 1.63. The molecule has 1 amide bonds. The van der Waals surface area contributed by atoms with Gasteiger partial charge in [-0.3, -0.25) is 4.79 Å². The van der Waals surface area contributed by atoms with E-state index < -0.39 is 0 Å². The van der Waals surface area contributed by atoms with Crippen molar-refractivity contribution in [3.05, 3.63) is 28.2 Å². The van der Waals surface area contributed by atoms with Crippen molar-refractivity contribution in [3.63, 3.8) is 0 Å². The van der Waals surface area contributed by atoms with Gasteiger partial charge in [0.05, 0.1) is 12.2 Å². The van der Waals surface area contributed by atoms with E-state index in [0.717, 1.165) is 0 Å². The number of nitrogens with two attached hydrogens (primary N) is 1. The Hall–Kier alpha value is -1.07. The van der Waals surface area contributed by atoms with Gasteiger partial charge in [-0.25, -0.2) is 0 Å². The van der Waals surface area contributed by atoms with Crippen LogP contribution in [-0.2, 0) is 0 Å². The first-order valence-corrected chi connectivity index (χ1v) is 5.30. The molecule has 4 nitrogen and oxygen atoms in total. The van der Waals surface area contributed by atoms with Crippen LogP contribution in [0.15, 0.2) is 22.7 Å². The Balaban J connectivity index is 2.86. The fraction of sp³-hybridized carbons (Fsp3) is 0.300. The maximum Gasteiger partial charge on any atom is 0.252 e. The number of carbonyl (C=O) groups excluding carboxylic acids is 1. The van der Waals surface area contributed by atoms with Crippen LogP contribution < -0.4 is 11.1 Å². The molecule has 0 spiro atoms. The summed E-state index contributed by atoms with van der Waals surface area (Å²) in [5, 5.41) is 11.4. The van der Waals surface area contributed by atoms with Gasteiger partial charge in [0.15, 0.2) is 0 Å². The van der Waals surface area contributed by atoms with Gasteiger partial charge in [0.2, 0.25) is 0 Å². The van der Waals surface area contributed by atoms with Gasteiger partial charge in [0, 0.05) is 16.2 Å². The number of aliphatic hydroxyl groups is 1. The smallest absolute Gasteiger partial charge is 0.252 e. The van der Waals surface area contributed by atoms with Gasteiger partial charge in [-0.1, -0.05) is 0 Å².